The molecule has 0 radical (unpaired) electrons. The third kappa shape index (κ3) is 5.26. The summed E-state index contributed by atoms with van der Waals surface area (Å²) in [6.45, 7) is -2.90. The predicted octanol–water partition coefficient (Wildman–Crippen LogP) is 5.11. The highest BCUT2D eigenvalue weighted by Crippen LogP contribution is 2.49. The second-order valence-corrected chi connectivity index (χ2v) is 11.0. The van der Waals surface area contributed by atoms with Gasteiger partial charge >= 0.3 is 5.97 Å². The molecule has 0 amide bonds. The van der Waals surface area contributed by atoms with Crippen LogP contribution in [0.5, 0.6) is 17.2 Å². The van der Waals surface area contributed by atoms with E-state index in [-0.39, 0.29) is 35.0 Å². The number of benzene rings is 3. The average molecular weight is 625 g/mol. The fraction of sp³-hybridized carbons (Fsp3) is 0.344. The number of halogens is 2. The molecule has 1 fully saturated rings. The zero-order valence-electron chi connectivity index (χ0n) is 29.0. The second-order valence-electron chi connectivity index (χ2n) is 11.0. The topological polar surface area (TPSA) is 111 Å². The minimum Gasteiger partial charge on any atom is -0.492 e. The van der Waals surface area contributed by atoms with Gasteiger partial charge < -0.3 is 33.5 Å². The Morgan fingerprint density at radius 2 is 2.09 bits per heavy atom. The standard InChI is InChI=1S/C32H31F2N5O6/c1-3-42-27-14-19(31(40)41)13-25-29(27)36-28(39(25)16-21-9-12-43-21)17-38-11-10-37(18-35-38)24-5-4-6-26-30(24)45-32(2,44-26)22-8-7-20(33)15-23(22)34/h4-8,13-15,18,21H,3,9-12,16-17H2,1-2H3,(H,40,41)/t21-,32?/m0/s1/i1D3,3D2. The Bertz CT molecular complexity index is 2020. The molecule has 0 spiro atoms. The maximum Gasteiger partial charge on any atom is 0.335 e. The Balaban J connectivity index is 1.17. The number of rotatable bonds is 9. The van der Waals surface area contributed by atoms with E-state index in [1.807, 2.05) is 4.90 Å². The number of fused-ring (bicyclic) bond motifs is 2. The quantitative estimate of drug-likeness (QED) is 0.272. The second kappa shape index (κ2) is 11.2. The van der Waals surface area contributed by atoms with Crippen LogP contribution < -0.4 is 19.1 Å². The number of imidazole rings is 1. The van der Waals surface area contributed by atoms with Crippen molar-refractivity contribution in [1.82, 2.24) is 14.6 Å². The highest BCUT2D eigenvalue weighted by Gasteiger charge is 2.43. The lowest BCUT2D eigenvalue weighted by Crippen LogP contribution is -2.38. The molecule has 11 nitrogen and oxygen atoms in total. The molecule has 4 heterocycles. The Morgan fingerprint density at radius 1 is 1.22 bits per heavy atom. The number of nitrogens with zero attached hydrogens (tertiary/aromatic N) is 5. The lowest BCUT2D eigenvalue weighted by molar-refractivity contribution is -0.0705. The Labute approximate surface area is 264 Å². The number of carboxylic acid groups (broad SMARTS) is 1. The summed E-state index contributed by atoms with van der Waals surface area (Å²) in [5, 5.41) is 16.2. The molecule has 13 heteroatoms. The zero-order valence-corrected chi connectivity index (χ0v) is 24.0. The summed E-state index contributed by atoms with van der Waals surface area (Å²) in [4.78, 5) is 18.6. The van der Waals surface area contributed by atoms with Gasteiger partial charge in [0.2, 0.25) is 0 Å². The van der Waals surface area contributed by atoms with Gasteiger partial charge in [-0.05, 0) is 49.7 Å². The molecular formula is C32H31F2N5O6. The molecule has 1 saturated heterocycles. The van der Waals surface area contributed by atoms with Gasteiger partial charge in [-0.3, -0.25) is 5.01 Å². The van der Waals surface area contributed by atoms with Crippen molar-refractivity contribution in [3.05, 3.63) is 77.1 Å². The minimum atomic E-state index is -3.16. The summed E-state index contributed by atoms with van der Waals surface area (Å²) in [5.41, 5.74) is 0.818. The molecule has 3 aliphatic rings. The number of para-hydroxylation sites is 1. The maximum atomic E-state index is 14.7. The molecule has 7 rings (SSSR count). The average Bonchev–Trinajstić information content (AvgIpc) is 3.55. The van der Waals surface area contributed by atoms with Crippen LogP contribution in [0.2, 0.25) is 0 Å². The molecule has 0 saturated carbocycles. The number of carboxylic acids is 1. The van der Waals surface area contributed by atoms with Crippen molar-refractivity contribution in [2.45, 2.75) is 45.2 Å². The van der Waals surface area contributed by atoms with Crippen LogP contribution in [-0.2, 0) is 23.6 Å². The van der Waals surface area contributed by atoms with Crippen molar-refractivity contribution in [1.29, 1.82) is 0 Å². The van der Waals surface area contributed by atoms with Crippen molar-refractivity contribution in [3.8, 4) is 17.2 Å². The fourth-order valence-corrected chi connectivity index (χ4v) is 5.70. The van der Waals surface area contributed by atoms with Crippen LogP contribution in [0.15, 0.2) is 53.6 Å². The maximum absolute atomic E-state index is 14.7. The van der Waals surface area contributed by atoms with Gasteiger partial charge in [0.05, 0.1) is 57.4 Å². The van der Waals surface area contributed by atoms with Gasteiger partial charge in [-0.15, -0.1) is 0 Å². The van der Waals surface area contributed by atoms with Gasteiger partial charge in [0.25, 0.3) is 5.79 Å². The zero-order chi connectivity index (χ0) is 35.6. The van der Waals surface area contributed by atoms with Gasteiger partial charge in [0.15, 0.2) is 11.5 Å². The van der Waals surface area contributed by atoms with Gasteiger partial charge in [0, 0.05) is 30.3 Å². The summed E-state index contributed by atoms with van der Waals surface area (Å²) in [6.07, 6.45) is 2.18. The molecule has 45 heavy (non-hydrogen) atoms. The first-order valence-corrected chi connectivity index (χ1v) is 14.2. The van der Waals surface area contributed by atoms with Crippen molar-refractivity contribution < 1.29 is 44.5 Å². The smallest absolute Gasteiger partial charge is 0.335 e. The van der Waals surface area contributed by atoms with Crippen LogP contribution >= 0.6 is 0 Å². The van der Waals surface area contributed by atoms with Gasteiger partial charge in [0.1, 0.15) is 35.1 Å². The number of hydrazone groups is 1. The summed E-state index contributed by atoms with van der Waals surface area (Å²) in [6, 6.07) is 10.9. The molecular weight excluding hydrogens is 588 g/mol. The monoisotopic (exact) mass is 624 g/mol. The molecule has 4 aromatic rings. The van der Waals surface area contributed by atoms with E-state index >= 15 is 0 Å². The lowest BCUT2D eigenvalue weighted by atomic mass is 10.1. The number of hydrogen-bond acceptors (Lipinski definition) is 9. The number of anilines is 1. The molecule has 1 N–H and O–H groups in total. The van der Waals surface area contributed by atoms with E-state index in [0.717, 1.165) is 24.6 Å². The van der Waals surface area contributed by atoms with E-state index in [1.165, 1.54) is 12.1 Å². The number of ether oxygens (including phenoxy) is 4. The van der Waals surface area contributed by atoms with Crippen LogP contribution in [0, 0.1) is 11.6 Å². The van der Waals surface area contributed by atoms with E-state index in [2.05, 4.69) is 10.1 Å². The Kier molecular flexibility index (Phi) is 5.85. The number of carbonyl (C=O) groups is 1. The van der Waals surface area contributed by atoms with Gasteiger partial charge in [-0.2, -0.15) is 5.10 Å². The van der Waals surface area contributed by atoms with E-state index in [0.29, 0.717) is 54.8 Å². The van der Waals surface area contributed by atoms with E-state index < -0.39 is 36.8 Å². The minimum absolute atomic E-state index is 0.0355. The fourth-order valence-electron chi connectivity index (χ4n) is 5.70. The van der Waals surface area contributed by atoms with Crippen LogP contribution in [0.25, 0.3) is 11.0 Å². The van der Waals surface area contributed by atoms with Crippen LogP contribution in [0.4, 0.5) is 14.5 Å². The van der Waals surface area contributed by atoms with Crippen LogP contribution in [-0.4, -0.2) is 64.3 Å². The third-order valence-corrected chi connectivity index (χ3v) is 8.05. The number of hydrogen-bond donors (Lipinski definition) is 1. The summed E-state index contributed by atoms with van der Waals surface area (Å²) in [7, 11) is 0. The molecule has 0 bridgehead atoms. The first-order valence-electron chi connectivity index (χ1n) is 16.7. The van der Waals surface area contributed by atoms with E-state index in [4.69, 9.17) is 25.8 Å². The molecule has 1 aromatic heterocycles. The first-order chi connectivity index (χ1) is 23.6. The van der Waals surface area contributed by atoms with Crippen LogP contribution in [0.1, 0.15) is 48.8 Å². The molecule has 3 aliphatic heterocycles. The Morgan fingerprint density at radius 3 is 2.80 bits per heavy atom. The van der Waals surface area contributed by atoms with Crippen LogP contribution in [0.3, 0.4) is 0 Å². The van der Waals surface area contributed by atoms with Crippen molar-refractivity contribution in [2.24, 2.45) is 5.10 Å². The Hall–Kier alpha value is -4.91. The van der Waals surface area contributed by atoms with Crippen molar-refractivity contribution >= 4 is 29.0 Å². The van der Waals surface area contributed by atoms with Gasteiger partial charge in [-0.1, -0.05) is 6.07 Å². The highest BCUT2D eigenvalue weighted by atomic mass is 19.1. The number of aromatic nitrogens is 2. The summed E-state index contributed by atoms with van der Waals surface area (Å²) in [5.74, 6) is -3.52. The third-order valence-electron chi connectivity index (χ3n) is 8.05. The normalized spacial score (nSPS) is 22.7. The molecule has 3 aromatic carbocycles. The van der Waals surface area contributed by atoms with Crippen molar-refractivity contribution in [2.75, 3.05) is 31.2 Å². The highest BCUT2D eigenvalue weighted by molar-refractivity contribution is 5.95. The summed E-state index contributed by atoms with van der Waals surface area (Å²) < 4.78 is 91.9. The van der Waals surface area contributed by atoms with Gasteiger partial charge in [-0.25, -0.2) is 18.6 Å². The molecule has 1 unspecified atom stereocenters. The molecule has 0 aliphatic carbocycles. The molecule has 234 valence electrons. The van der Waals surface area contributed by atoms with Crippen molar-refractivity contribution in [3.63, 3.8) is 0 Å². The van der Waals surface area contributed by atoms with E-state index in [1.54, 1.807) is 41.0 Å². The predicted molar refractivity (Wildman–Crippen MR) is 160 cm³/mol. The first kappa shape index (κ1) is 23.5. The molecule has 2 atom stereocenters. The SMILES string of the molecule is [2H]C([2H])([2H])C([2H])([2H])Oc1cc(C(=O)O)cc2c1nc(CN1CCN(c3cccc4c3OC(C)(c3ccc(F)cc3F)O4)C=N1)n2C[C@@H]1CCO1. The largest absolute Gasteiger partial charge is 0.492 e. The number of aromatic carboxylic acids is 1. The summed E-state index contributed by atoms with van der Waals surface area (Å²) >= 11 is 0. The lowest BCUT2D eigenvalue weighted by Gasteiger charge is -2.31. The van der Waals surface area contributed by atoms with E-state index in [9.17, 15) is 18.7 Å².